The van der Waals surface area contributed by atoms with E-state index in [2.05, 4.69) is 15.3 Å². The summed E-state index contributed by atoms with van der Waals surface area (Å²) >= 11 is 12.0. The first kappa shape index (κ1) is 26.8. The van der Waals surface area contributed by atoms with E-state index in [1.165, 1.54) is 12.8 Å². The van der Waals surface area contributed by atoms with Crippen molar-refractivity contribution in [3.05, 3.63) is 52.0 Å². The molecule has 1 atom stereocenters. The topological polar surface area (TPSA) is 93.3 Å². The molecule has 0 spiro atoms. The molecular formula is C24H36Cl2N4O2. The fourth-order valence-corrected chi connectivity index (χ4v) is 3.87. The number of anilines is 1. The van der Waals surface area contributed by atoms with Crippen LogP contribution < -0.4 is 11.1 Å². The van der Waals surface area contributed by atoms with Gasteiger partial charge in [-0.2, -0.15) is 0 Å². The molecule has 2 aromatic rings. The monoisotopic (exact) mass is 482 g/mol. The van der Waals surface area contributed by atoms with Gasteiger partial charge in [-0.05, 0) is 56.0 Å². The second-order valence-electron chi connectivity index (χ2n) is 7.97. The van der Waals surface area contributed by atoms with Gasteiger partial charge in [-0.3, -0.25) is 0 Å². The number of nitrogens with two attached hydrogens (primary N) is 1. The third-order valence-electron chi connectivity index (χ3n) is 5.27. The number of unbranched alkanes of at least 4 members (excludes halogenated alkanes) is 6. The third kappa shape index (κ3) is 10.9. The Morgan fingerprint density at radius 2 is 1.50 bits per heavy atom. The highest BCUT2D eigenvalue weighted by Crippen LogP contribution is 2.31. The number of halogens is 2. The van der Waals surface area contributed by atoms with Crippen LogP contribution in [-0.2, 0) is 11.2 Å². The van der Waals surface area contributed by atoms with Gasteiger partial charge in [0.2, 0.25) is 0 Å². The highest BCUT2D eigenvalue weighted by atomic mass is 35.5. The average molecular weight is 483 g/mol. The van der Waals surface area contributed by atoms with Crippen LogP contribution in [-0.4, -0.2) is 41.4 Å². The van der Waals surface area contributed by atoms with Crippen LogP contribution in [0, 0.1) is 0 Å². The molecule has 0 radical (unpaired) electrons. The molecule has 1 unspecified atom stereocenters. The molecule has 1 heterocycles. The van der Waals surface area contributed by atoms with E-state index >= 15 is 0 Å². The number of nitrogens with one attached hydrogen (secondary N) is 1. The molecule has 0 aliphatic carbocycles. The van der Waals surface area contributed by atoms with Gasteiger partial charge >= 0.3 is 0 Å². The molecule has 32 heavy (non-hydrogen) atoms. The zero-order chi connectivity index (χ0) is 23.0. The van der Waals surface area contributed by atoms with Gasteiger partial charge in [-0.1, -0.05) is 48.9 Å². The van der Waals surface area contributed by atoms with Crippen molar-refractivity contribution in [2.45, 2.75) is 63.9 Å². The van der Waals surface area contributed by atoms with Crippen LogP contribution in [0.3, 0.4) is 0 Å². The normalized spacial score (nSPS) is 12.2. The maximum atomic E-state index is 10.3. The van der Waals surface area contributed by atoms with Gasteiger partial charge in [0.25, 0.3) is 0 Å². The molecule has 4 N–H and O–H groups in total. The van der Waals surface area contributed by atoms with Crippen molar-refractivity contribution in [2.75, 3.05) is 32.0 Å². The largest absolute Gasteiger partial charge is 0.396 e. The second kappa shape index (κ2) is 16.2. The second-order valence-corrected chi connectivity index (χ2v) is 8.79. The molecule has 0 fully saturated rings. The first-order valence-electron chi connectivity index (χ1n) is 11.5. The van der Waals surface area contributed by atoms with Gasteiger partial charge in [0.15, 0.2) is 0 Å². The minimum atomic E-state index is -0.661. The fourth-order valence-electron chi connectivity index (χ4n) is 3.36. The lowest BCUT2D eigenvalue weighted by Crippen LogP contribution is -2.22. The Kier molecular flexibility index (Phi) is 13.6. The van der Waals surface area contributed by atoms with Crippen LogP contribution in [0.5, 0.6) is 0 Å². The molecule has 178 valence electrons. The summed E-state index contributed by atoms with van der Waals surface area (Å²) in [4.78, 5) is 8.49. The van der Waals surface area contributed by atoms with Crippen molar-refractivity contribution in [3.8, 4) is 0 Å². The zero-order valence-corrected chi connectivity index (χ0v) is 20.3. The van der Waals surface area contributed by atoms with Crippen molar-refractivity contribution >= 4 is 28.9 Å². The van der Waals surface area contributed by atoms with Crippen LogP contribution in [0.4, 0.5) is 5.69 Å². The summed E-state index contributed by atoms with van der Waals surface area (Å²) in [6.07, 6.45) is 13.0. The lowest BCUT2D eigenvalue weighted by atomic mass is 10.1. The number of aliphatic hydroxyl groups is 1. The van der Waals surface area contributed by atoms with Gasteiger partial charge in [0, 0.05) is 38.6 Å². The number of benzene rings is 1. The SMILES string of the molecule is Nc1c(Cl)cc(C(O)CNCCCCCCOCCCCCCc2ncccn2)cc1Cl. The Hall–Kier alpha value is -1.44. The Morgan fingerprint density at radius 3 is 2.16 bits per heavy atom. The molecule has 0 amide bonds. The molecular weight excluding hydrogens is 447 g/mol. The molecule has 0 aliphatic heterocycles. The van der Waals surface area contributed by atoms with Crippen molar-refractivity contribution in [2.24, 2.45) is 0 Å². The average Bonchev–Trinajstić information content (AvgIpc) is 2.80. The Balaban J connectivity index is 1.35. The summed E-state index contributed by atoms with van der Waals surface area (Å²) in [5, 5.41) is 14.3. The van der Waals surface area contributed by atoms with Gasteiger partial charge in [0.05, 0.1) is 21.8 Å². The molecule has 6 nitrogen and oxygen atoms in total. The number of aliphatic hydroxyl groups excluding tert-OH is 1. The number of aromatic nitrogens is 2. The number of rotatable bonds is 17. The van der Waals surface area contributed by atoms with Crippen molar-refractivity contribution in [1.29, 1.82) is 0 Å². The van der Waals surface area contributed by atoms with Crippen LogP contribution in [0.1, 0.15) is 68.9 Å². The highest BCUT2D eigenvalue weighted by Gasteiger charge is 2.11. The van der Waals surface area contributed by atoms with E-state index in [9.17, 15) is 5.11 Å². The quantitative estimate of drug-likeness (QED) is 0.207. The van der Waals surface area contributed by atoms with Gasteiger partial charge < -0.3 is 20.9 Å². The van der Waals surface area contributed by atoms with E-state index in [1.54, 1.807) is 24.5 Å². The first-order valence-corrected chi connectivity index (χ1v) is 12.3. The summed E-state index contributed by atoms with van der Waals surface area (Å²) in [6, 6.07) is 5.17. The lowest BCUT2D eigenvalue weighted by molar-refractivity contribution is 0.125. The van der Waals surface area contributed by atoms with E-state index < -0.39 is 6.10 Å². The number of ether oxygens (including phenoxy) is 1. The first-order chi connectivity index (χ1) is 15.6. The summed E-state index contributed by atoms with van der Waals surface area (Å²) in [5.41, 5.74) is 6.74. The van der Waals surface area contributed by atoms with E-state index in [4.69, 9.17) is 33.7 Å². The number of hydrogen-bond donors (Lipinski definition) is 3. The van der Waals surface area contributed by atoms with Gasteiger partial charge in [0.1, 0.15) is 5.82 Å². The molecule has 2 rings (SSSR count). The zero-order valence-electron chi connectivity index (χ0n) is 18.7. The van der Waals surface area contributed by atoms with E-state index in [1.807, 2.05) is 6.07 Å². The predicted molar refractivity (Wildman–Crippen MR) is 132 cm³/mol. The minimum Gasteiger partial charge on any atom is -0.396 e. The van der Waals surface area contributed by atoms with E-state index in [0.717, 1.165) is 70.5 Å². The van der Waals surface area contributed by atoms with E-state index in [-0.39, 0.29) is 0 Å². The predicted octanol–water partition coefficient (Wildman–Crippen LogP) is 5.37. The van der Waals surface area contributed by atoms with E-state index in [0.29, 0.717) is 27.8 Å². The minimum absolute atomic E-state index is 0.343. The standard InChI is InChI=1S/C24H36Cl2N4O2/c25-20-16-19(17-21(26)24(20)27)22(31)18-28-11-6-2-4-8-15-32-14-7-3-1-5-10-23-29-12-9-13-30-23/h9,12-13,16-17,22,28,31H,1-8,10-11,14-15,18,27H2. The van der Waals surface area contributed by atoms with Crippen molar-refractivity contribution in [3.63, 3.8) is 0 Å². The highest BCUT2D eigenvalue weighted by molar-refractivity contribution is 6.38. The smallest absolute Gasteiger partial charge is 0.128 e. The fraction of sp³-hybridized carbons (Fsp3) is 0.583. The van der Waals surface area contributed by atoms with Crippen molar-refractivity contribution in [1.82, 2.24) is 15.3 Å². The summed E-state index contributed by atoms with van der Waals surface area (Å²) < 4.78 is 5.73. The number of hydrogen-bond acceptors (Lipinski definition) is 6. The van der Waals surface area contributed by atoms with Crippen LogP contribution in [0.15, 0.2) is 30.6 Å². The summed E-state index contributed by atoms with van der Waals surface area (Å²) in [6.45, 7) is 3.00. The molecule has 0 saturated carbocycles. The maximum Gasteiger partial charge on any atom is 0.128 e. The van der Waals surface area contributed by atoms with Crippen molar-refractivity contribution < 1.29 is 9.84 Å². The molecule has 1 aromatic heterocycles. The third-order valence-corrected chi connectivity index (χ3v) is 5.90. The number of aryl methyl sites for hydroxylation is 1. The molecule has 0 aliphatic rings. The number of nitrogens with zero attached hydrogens (tertiary/aromatic N) is 2. The van der Waals surface area contributed by atoms with Crippen LogP contribution in [0.2, 0.25) is 10.0 Å². The molecule has 0 saturated heterocycles. The summed E-state index contributed by atoms with van der Waals surface area (Å²) in [7, 11) is 0. The molecule has 8 heteroatoms. The van der Waals surface area contributed by atoms with Crippen LogP contribution in [0.25, 0.3) is 0 Å². The maximum absolute atomic E-state index is 10.3. The lowest BCUT2D eigenvalue weighted by Gasteiger charge is -2.14. The molecule has 1 aromatic carbocycles. The van der Waals surface area contributed by atoms with Crippen LogP contribution >= 0.6 is 23.2 Å². The van der Waals surface area contributed by atoms with Gasteiger partial charge in [-0.15, -0.1) is 0 Å². The molecule has 0 bridgehead atoms. The Morgan fingerprint density at radius 1 is 0.906 bits per heavy atom. The number of nitrogen functional groups attached to an aromatic ring is 1. The Bertz CT molecular complexity index is 742. The Labute approximate surface area is 201 Å². The van der Waals surface area contributed by atoms with Gasteiger partial charge in [-0.25, -0.2) is 9.97 Å². The summed E-state index contributed by atoms with van der Waals surface area (Å²) in [5.74, 6) is 0.937.